The van der Waals surface area contributed by atoms with Crippen molar-refractivity contribution >= 4 is 17.9 Å². The molecule has 0 aliphatic heterocycles. The van der Waals surface area contributed by atoms with Gasteiger partial charge in [-0.2, -0.15) is 0 Å². The quantitative estimate of drug-likeness (QED) is 0.622. The number of nitrogens with one attached hydrogen (secondary N) is 1. The molecule has 0 aromatic carbocycles. The molecule has 0 saturated heterocycles. The normalized spacial score (nSPS) is 13.7. The average molecular weight is 273 g/mol. The summed E-state index contributed by atoms with van der Waals surface area (Å²) in [7, 11) is 0. The molecule has 0 aromatic heterocycles. The first kappa shape index (κ1) is 17.2. The Bertz CT molecular complexity index is 344. The van der Waals surface area contributed by atoms with Crippen LogP contribution in [0.1, 0.15) is 34.1 Å². The molecule has 0 saturated carbocycles. The third kappa shape index (κ3) is 5.58. The zero-order valence-electron chi connectivity index (χ0n) is 11.8. The van der Waals surface area contributed by atoms with Crippen LogP contribution in [0.3, 0.4) is 0 Å². The van der Waals surface area contributed by atoms with Gasteiger partial charge in [-0.25, -0.2) is 9.59 Å². The lowest BCUT2D eigenvalue weighted by atomic mass is 9.99. The average Bonchev–Trinajstić information content (AvgIpc) is 2.30. The predicted octanol–water partition coefficient (Wildman–Crippen LogP) is 0.391. The summed E-state index contributed by atoms with van der Waals surface area (Å²) in [6, 6.07) is -1.83. The molecule has 110 valence electrons. The van der Waals surface area contributed by atoms with Crippen LogP contribution < -0.4 is 11.1 Å². The number of urea groups is 1. The van der Waals surface area contributed by atoms with Gasteiger partial charge in [0.05, 0.1) is 0 Å². The molecular weight excluding hydrogens is 250 g/mol. The van der Waals surface area contributed by atoms with Crippen LogP contribution in [0.2, 0.25) is 0 Å². The van der Waals surface area contributed by atoms with Crippen molar-refractivity contribution in [2.24, 2.45) is 11.7 Å². The molecule has 0 spiro atoms. The standard InChI is InChI=1S/C12H23N3O4/c1-5-8(4)10(11(17)18)14-12(19)15(7(2)3)6-9(13)16/h7-8,10H,5-6H2,1-4H3,(H2,13,16)(H,14,19)(H,17,18)/t8?,10-/m0/s1. The summed E-state index contributed by atoms with van der Waals surface area (Å²) >= 11 is 0. The number of aliphatic carboxylic acids is 1. The minimum absolute atomic E-state index is 0.205. The molecule has 0 aliphatic rings. The summed E-state index contributed by atoms with van der Waals surface area (Å²) in [5.41, 5.74) is 5.07. The zero-order valence-corrected chi connectivity index (χ0v) is 11.8. The number of primary amides is 1. The van der Waals surface area contributed by atoms with E-state index < -0.39 is 23.9 Å². The summed E-state index contributed by atoms with van der Waals surface area (Å²) < 4.78 is 0. The van der Waals surface area contributed by atoms with E-state index in [1.54, 1.807) is 20.8 Å². The van der Waals surface area contributed by atoms with Crippen molar-refractivity contribution < 1.29 is 19.5 Å². The Morgan fingerprint density at radius 1 is 1.26 bits per heavy atom. The minimum atomic E-state index is -1.09. The molecule has 7 nitrogen and oxygen atoms in total. The molecule has 2 atom stereocenters. The van der Waals surface area contributed by atoms with Crippen LogP contribution in [0, 0.1) is 5.92 Å². The van der Waals surface area contributed by atoms with Gasteiger partial charge >= 0.3 is 12.0 Å². The van der Waals surface area contributed by atoms with Crippen molar-refractivity contribution in [3.63, 3.8) is 0 Å². The molecule has 0 bridgehead atoms. The fraction of sp³-hybridized carbons (Fsp3) is 0.750. The lowest BCUT2D eigenvalue weighted by Gasteiger charge is -2.28. The molecule has 19 heavy (non-hydrogen) atoms. The van der Waals surface area contributed by atoms with E-state index in [-0.39, 0.29) is 18.5 Å². The minimum Gasteiger partial charge on any atom is -0.480 e. The van der Waals surface area contributed by atoms with Crippen LogP contribution in [-0.2, 0) is 9.59 Å². The highest BCUT2D eigenvalue weighted by Crippen LogP contribution is 2.09. The van der Waals surface area contributed by atoms with Crippen molar-refractivity contribution in [1.82, 2.24) is 10.2 Å². The highest BCUT2D eigenvalue weighted by Gasteiger charge is 2.28. The van der Waals surface area contributed by atoms with Crippen molar-refractivity contribution in [2.75, 3.05) is 6.54 Å². The maximum absolute atomic E-state index is 12.0. The first-order valence-electron chi connectivity index (χ1n) is 6.28. The molecule has 0 radical (unpaired) electrons. The van der Waals surface area contributed by atoms with Gasteiger partial charge in [-0.1, -0.05) is 20.3 Å². The number of amides is 3. The Morgan fingerprint density at radius 3 is 2.11 bits per heavy atom. The van der Waals surface area contributed by atoms with Crippen molar-refractivity contribution in [1.29, 1.82) is 0 Å². The van der Waals surface area contributed by atoms with Crippen LogP contribution in [0.15, 0.2) is 0 Å². The van der Waals surface area contributed by atoms with Crippen LogP contribution in [0.4, 0.5) is 4.79 Å². The molecule has 0 rings (SSSR count). The van der Waals surface area contributed by atoms with Crippen LogP contribution in [0.25, 0.3) is 0 Å². The monoisotopic (exact) mass is 273 g/mol. The van der Waals surface area contributed by atoms with Gasteiger partial charge in [0.25, 0.3) is 0 Å². The molecule has 0 aliphatic carbocycles. The highest BCUT2D eigenvalue weighted by atomic mass is 16.4. The van der Waals surface area contributed by atoms with E-state index in [4.69, 9.17) is 10.8 Å². The van der Waals surface area contributed by atoms with Crippen LogP contribution in [0.5, 0.6) is 0 Å². The molecule has 0 fully saturated rings. The first-order valence-corrected chi connectivity index (χ1v) is 6.28. The third-order valence-electron chi connectivity index (χ3n) is 2.97. The highest BCUT2D eigenvalue weighted by molar-refractivity contribution is 5.86. The fourth-order valence-corrected chi connectivity index (χ4v) is 1.56. The number of hydrogen-bond acceptors (Lipinski definition) is 3. The Labute approximate surface area is 113 Å². The van der Waals surface area contributed by atoms with Crippen molar-refractivity contribution in [3.8, 4) is 0 Å². The van der Waals surface area contributed by atoms with Gasteiger partial charge in [0, 0.05) is 6.04 Å². The zero-order chi connectivity index (χ0) is 15.2. The third-order valence-corrected chi connectivity index (χ3v) is 2.97. The Kier molecular flexibility index (Phi) is 6.89. The molecule has 0 heterocycles. The van der Waals surface area contributed by atoms with Gasteiger partial charge in [-0.3, -0.25) is 4.79 Å². The van der Waals surface area contributed by atoms with Crippen LogP contribution in [-0.4, -0.2) is 46.5 Å². The second-order valence-corrected chi connectivity index (χ2v) is 4.84. The van der Waals surface area contributed by atoms with Gasteiger partial charge < -0.3 is 21.1 Å². The van der Waals surface area contributed by atoms with Gasteiger partial charge in [0.2, 0.25) is 5.91 Å². The number of rotatable bonds is 7. The van der Waals surface area contributed by atoms with Gasteiger partial charge in [-0.15, -0.1) is 0 Å². The second-order valence-electron chi connectivity index (χ2n) is 4.84. The topological polar surface area (TPSA) is 113 Å². The van der Waals surface area contributed by atoms with E-state index >= 15 is 0 Å². The van der Waals surface area contributed by atoms with E-state index in [1.807, 2.05) is 6.92 Å². The lowest BCUT2D eigenvalue weighted by Crippen LogP contribution is -2.54. The summed E-state index contributed by atoms with van der Waals surface area (Å²) in [6.07, 6.45) is 0.620. The maximum atomic E-state index is 12.0. The van der Waals surface area contributed by atoms with Gasteiger partial charge in [0.1, 0.15) is 12.6 Å². The number of carboxylic acids is 1. The molecule has 0 aromatic rings. The van der Waals surface area contributed by atoms with E-state index in [9.17, 15) is 14.4 Å². The molecular formula is C12H23N3O4. The first-order chi connectivity index (χ1) is 8.70. The fourth-order valence-electron chi connectivity index (χ4n) is 1.56. The van der Waals surface area contributed by atoms with Crippen LogP contribution >= 0.6 is 0 Å². The maximum Gasteiger partial charge on any atom is 0.326 e. The summed E-state index contributed by atoms with van der Waals surface area (Å²) in [5, 5.41) is 11.5. The van der Waals surface area contributed by atoms with Crippen molar-refractivity contribution in [2.45, 2.75) is 46.2 Å². The van der Waals surface area contributed by atoms with E-state index in [0.29, 0.717) is 6.42 Å². The number of carbonyl (C=O) groups is 3. The number of carboxylic acid groups (broad SMARTS) is 1. The van der Waals surface area contributed by atoms with Gasteiger partial charge in [0.15, 0.2) is 0 Å². The number of nitrogens with two attached hydrogens (primary N) is 1. The van der Waals surface area contributed by atoms with E-state index in [0.717, 1.165) is 0 Å². The smallest absolute Gasteiger partial charge is 0.326 e. The summed E-state index contributed by atoms with van der Waals surface area (Å²) in [4.78, 5) is 35.2. The second kappa shape index (κ2) is 7.60. The number of carbonyl (C=O) groups excluding carboxylic acids is 2. The van der Waals surface area contributed by atoms with E-state index in [1.165, 1.54) is 4.90 Å². The lowest BCUT2D eigenvalue weighted by molar-refractivity contribution is -0.140. The van der Waals surface area contributed by atoms with Crippen molar-refractivity contribution in [3.05, 3.63) is 0 Å². The van der Waals surface area contributed by atoms with E-state index in [2.05, 4.69) is 5.32 Å². The summed E-state index contributed by atoms with van der Waals surface area (Å²) in [6.45, 7) is 6.79. The largest absolute Gasteiger partial charge is 0.480 e. The predicted molar refractivity (Wildman–Crippen MR) is 70.4 cm³/mol. The molecule has 3 amide bonds. The Morgan fingerprint density at radius 2 is 1.79 bits per heavy atom. The number of hydrogen-bond donors (Lipinski definition) is 3. The summed E-state index contributed by atoms with van der Waals surface area (Å²) in [5.74, 6) is -1.94. The van der Waals surface area contributed by atoms with Gasteiger partial charge in [-0.05, 0) is 19.8 Å². The number of nitrogens with zero attached hydrogens (tertiary/aromatic N) is 1. The molecule has 1 unspecified atom stereocenters. The Hall–Kier alpha value is -1.79. The molecule has 4 N–H and O–H groups in total. The SMILES string of the molecule is CCC(C)[C@H](NC(=O)N(CC(N)=O)C(C)C)C(=O)O. The molecule has 7 heteroatoms. The Balaban J connectivity index is 4.85.